The number of carbonyl (C=O) groups excluding carboxylic acids is 1. The van der Waals surface area contributed by atoms with Gasteiger partial charge in [0.25, 0.3) is 0 Å². The molecule has 13 heteroatoms. The Balaban J connectivity index is 1.79. The Morgan fingerprint density at radius 2 is 2.10 bits per heavy atom. The molecular weight excluding hydrogens is 428 g/mol. The van der Waals surface area contributed by atoms with Crippen LogP contribution in [-0.2, 0) is 22.6 Å². The SMILES string of the molecule is CCOc1nn(CC)cc1-c1nnc(SCC(=O)Nc2nnc(C)s2)n1CCOC. The Bertz CT molecular complexity index is 984. The lowest BCUT2D eigenvalue weighted by Gasteiger charge is -2.09. The number of ether oxygens (including phenoxy) is 2. The second kappa shape index (κ2) is 10.5. The molecule has 0 spiro atoms. The number of anilines is 1. The minimum Gasteiger partial charge on any atom is -0.476 e. The van der Waals surface area contributed by atoms with Gasteiger partial charge in [0, 0.05) is 19.9 Å². The van der Waals surface area contributed by atoms with E-state index in [-0.39, 0.29) is 11.7 Å². The largest absolute Gasteiger partial charge is 0.476 e. The summed E-state index contributed by atoms with van der Waals surface area (Å²) in [6.45, 7) is 7.94. The van der Waals surface area contributed by atoms with Gasteiger partial charge in [0.1, 0.15) is 10.6 Å². The highest BCUT2D eigenvalue weighted by atomic mass is 32.2. The van der Waals surface area contributed by atoms with Gasteiger partial charge in [-0.05, 0) is 20.8 Å². The number of aromatic nitrogens is 7. The molecule has 162 valence electrons. The maximum Gasteiger partial charge on any atom is 0.243 e. The summed E-state index contributed by atoms with van der Waals surface area (Å²) in [5.74, 6) is 1.10. The van der Waals surface area contributed by atoms with E-state index in [2.05, 4.69) is 30.8 Å². The summed E-state index contributed by atoms with van der Waals surface area (Å²) in [5, 5.41) is 25.5. The van der Waals surface area contributed by atoms with Gasteiger partial charge in [-0.1, -0.05) is 23.1 Å². The van der Waals surface area contributed by atoms with Crippen molar-refractivity contribution < 1.29 is 14.3 Å². The lowest BCUT2D eigenvalue weighted by atomic mass is 10.3. The molecule has 0 fully saturated rings. The Morgan fingerprint density at radius 3 is 2.77 bits per heavy atom. The monoisotopic (exact) mass is 452 g/mol. The fourth-order valence-corrected chi connectivity index (χ4v) is 3.95. The standard InChI is InChI=1S/C17H24N8O3S2/c1-5-24-9-12(15(23-24)28-6-2)14-20-22-17(25(14)7-8-27-4)29-10-13(26)18-16-21-19-11(3)30-16/h9H,5-8,10H2,1-4H3,(H,18,21,26). The summed E-state index contributed by atoms with van der Waals surface area (Å²) in [6.07, 6.45) is 1.89. The van der Waals surface area contributed by atoms with E-state index in [1.54, 1.807) is 11.8 Å². The molecule has 0 saturated carbocycles. The van der Waals surface area contributed by atoms with Crippen LogP contribution in [0.2, 0.25) is 0 Å². The van der Waals surface area contributed by atoms with Crippen LogP contribution in [0.4, 0.5) is 5.13 Å². The Kier molecular flexibility index (Phi) is 7.76. The summed E-state index contributed by atoms with van der Waals surface area (Å²) in [6, 6.07) is 0. The number of aryl methyl sites for hydroxylation is 2. The van der Waals surface area contributed by atoms with Crippen LogP contribution >= 0.6 is 23.1 Å². The number of nitrogens with one attached hydrogen (secondary N) is 1. The van der Waals surface area contributed by atoms with Crippen LogP contribution in [0.1, 0.15) is 18.9 Å². The molecule has 0 aliphatic heterocycles. The Hall–Kier alpha value is -2.51. The Morgan fingerprint density at radius 1 is 1.27 bits per heavy atom. The molecule has 11 nitrogen and oxygen atoms in total. The number of carbonyl (C=O) groups is 1. The van der Waals surface area contributed by atoms with Gasteiger partial charge < -0.3 is 9.47 Å². The highest BCUT2D eigenvalue weighted by molar-refractivity contribution is 7.99. The third-order valence-electron chi connectivity index (χ3n) is 3.91. The molecule has 3 rings (SSSR count). The highest BCUT2D eigenvalue weighted by Gasteiger charge is 2.21. The number of thioether (sulfide) groups is 1. The van der Waals surface area contributed by atoms with Crippen molar-refractivity contribution in [3.63, 3.8) is 0 Å². The number of amides is 1. The van der Waals surface area contributed by atoms with E-state index in [0.29, 0.717) is 48.3 Å². The fourth-order valence-electron chi connectivity index (χ4n) is 2.57. The maximum atomic E-state index is 12.3. The lowest BCUT2D eigenvalue weighted by molar-refractivity contribution is -0.113. The van der Waals surface area contributed by atoms with Crippen LogP contribution in [0.3, 0.4) is 0 Å². The summed E-state index contributed by atoms with van der Waals surface area (Å²) in [4.78, 5) is 12.3. The molecule has 1 amide bonds. The van der Waals surface area contributed by atoms with Crippen molar-refractivity contribution in [1.29, 1.82) is 0 Å². The van der Waals surface area contributed by atoms with Gasteiger partial charge >= 0.3 is 0 Å². The zero-order valence-corrected chi connectivity index (χ0v) is 18.9. The summed E-state index contributed by atoms with van der Waals surface area (Å²) in [7, 11) is 1.63. The number of methoxy groups -OCH3 is 1. The van der Waals surface area contributed by atoms with E-state index >= 15 is 0 Å². The van der Waals surface area contributed by atoms with Crippen molar-refractivity contribution >= 4 is 34.1 Å². The number of nitrogens with zero attached hydrogens (tertiary/aromatic N) is 7. The van der Waals surface area contributed by atoms with Crippen LogP contribution in [-0.4, -0.2) is 66.7 Å². The average Bonchev–Trinajstić information content (AvgIpc) is 3.43. The molecule has 0 aliphatic rings. The summed E-state index contributed by atoms with van der Waals surface area (Å²) in [5.41, 5.74) is 0.753. The van der Waals surface area contributed by atoms with Crippen molar-refractivity contribution in [2.45, 2.75) is 39.0 Å². The topological polar surface area (TPSA) is 122 Å². The van der Waals surface area contributed by atoms with Crippen LogP contribution in [0.25, 0.3) is 11.4 Å². The Labute approximate surface area is 182 Å². The van der Waals surface area contributed by atoms with Crippen molar-refractivity contribution in [2.24, 2.45) is 0 Å². The minimum absolute atomic E-state index is 0.163. The van der Waals surface area contributed by atoms with Gasteiger partial charge in [0.2, 0.25) is 16.9 Å². The van der Waals surface area contributed by atoms with Crippen LogP contribution in [0, 0.1) is 6.92 Å². The molecule has 3 aromatic heterocycles. The van der Waals surface area contributed by atoms with Crippen LogP contribution < -0.4 is 10.1 Å². The first-order valence-corrected chi connectivity index (χ1v) is 11.2. The van der Waals surface area contributed by atoms with Crippen molar-refractivity contribution in [1.82, 2.24) is 34.7 Å². The molecule has 0 aromatic carbocycles. The number of hydrogen-bond donors (Lipinski definition) is 1. The summed E-state index contributed by atoms with van der Waals surface area (Å²) >= 11 is 2.62. The first-order chi connectivity index (χ1) is 14.5. The van der Waals surface area contributed by atoms with Gasteiger partial charge in [-0.3, -0.25) is 19.4 Å². The lowest BCUT2D eigenvalue weighted by Crippen LogP contribution is -2.15. The molecule has 0 atom stereocenters. The predicted octanol–water partition coefficient (Wildman–Crippen LogP) is 2.10. The molecule has 0 bridgehead atoms. The molecule has 3 aromatic rings. The maximum absolute atomic E-state index is 12.3. The zero-order valence-electron chi connectivity index (χ0n) is 17.3. The third-order valence-corrected chi connectivity index (χ3v) is 5.64. The van der Waals surface area contributed by atoms with Crippen molar-refractivity contribution in [3.05, 3.63) is 11.2 Å². The normalized spacial score (nSPS) is 11.1. The number of rotatable bonds is 11. The van der Waals surface area contributed by atoms with E-state index in [1.807, 2.05) is 31.5 Å². The molecule has 0 aliphatic carbocycles. The van der Waals surface area contributed by atoms with Crippen LogP contribution in [0.15, 0.2) is 11.4 Å². The first kappa shape index (κ1) is 22.2. The highest BCUT2D eigenvalue weighted by Crippen LogP contribution is 2.30. The van der Waals surface area contributed by atoms with Gasteiger partial charge in [-0.2, -0.15) is 0 Å². The molecule has 1 N–H and O–H groups in total. The minimum atomic E-state index is -0.187. The molecule has 0 saturated heterocycles. The van der Waals surface area contributed by atoms with Gasteiger partial charge in [-0.15, -0.1) is 25.5 Å². The second-order valence-electron chi connectivity index (χ2n) is 6.05. The van der Waals surface area contributed by atoms with Gasteiger partial charge in [0.15, 0.2) is 11.0 Å². The smallest absolute Gasteiger partial charge is 0.243 e. The first-order valence-electron chi connectivity index (χ1n) is 9.41. The molecule has 0 radical (unpaired) electrons. The van der Waals surface area contributed by atoms with E-state index in [0.717, 1.165) is 10.6 Å². The zero-order chi connectivity index (χ0) is 21.5. The number of hydrogen-bond acceptors (Lipinski definition) is 10. The van der Waals surface area contributed by atoms with E-state index in [9.17, 15) is 4.79 Å². The quantitative estimate of drug-likeness (QED) is 0.436. The second-order valence-corrected chi connectivity index (χ2v) is 8.17. The van der Waals surface area contributed by atoms with E-state index in [1.165, 1.54) is 23.1 Å². The van der Waals surface area contributed by atoms with Crippen molar-refractivity contribution in [2.75, 3.05) is 31.4 Å². The van der Waals surface area contributed by atoms with Crippen molar-refractivity contribution in [3.8, 4) is 17.3 Å². The molecule has 30 heavy (non-hydrogen) atoms. The van der Waals surface area contributed by atoms with Gasteiger partial charge in [0.05, 0.1) is 25.5 Å². The average molecular weight is 453 g/mol. The fraction of sp³-hybridized carbons (Fsp3) is 0.529. The third kappa shape index (κ3) is 5.34. The predicted molar refractivity (Wildman–Crippen MR) is 114 cm³/mol. The van der Waals surface area contributed by atoms with Crippen LogP contribution in [0.5, 0.6) is 5.88 Å². The molecule has 3 heterocycles. The summed E-state index contributed by atoms with van der Waals surface area (Å²) < 4.78 is 14.6. The molecular formula is C17H24N8O3S2. The van der Waals surface area contributed by atoms with E-state index < -0.39 is 0 Å². The molecule has 0 unspecified atom stereocenters. The van der Waals surface area contributed by atoms with Gasteiger partial charge in [-0.25, -0.2) is 0 Å². The van der Waals surface area contributed by atoms with E-state index in [4.69, 9.17) is 9.47 Å².